The third-order valence-corrected chi connectivity index (χ3v) is 8.61. The molecule has 5 nitrogen and oxygen atoms in total. The first-order valence-electron chi connectivity index (χ1n) is 10.1. The lowest BCUT2D eigenvalue weighted by atomic mass is 9.98. The molecule has 1 saturated heterocycles. The predicted molar refractivity (Wildman–Crippen MR) is 114 cm³/mol. The van der Waals surface area contributed by atoms with E-state index in [1.165, 1.54) is 5.69 Å². The van der Waals surface area contributed by atoms with Crippen LogP contribution in [0.25, 0.3) is 0 Å². The number of sulfone groups is 1. The standard InChI is InChI=1S/C22H32N2O3S/c1-22(2,3)28(26,27)17-19-10-14-24(15-11-19)21(25)16-18-6-8-20(9-7-18)23-12-4-5-13-23/h4-9,19H,10-17H2,1-3H3. The van der Waals surface area contributed by atoms with Gasteiger partial charge in [-0.15, -0.1) is 0 Å². The summed E-state index contributed by atoms with van der Waals surface area (Å²) in [5.74, 6) is 0.514. The van der Waals surface area contributed by atoms with Crippen LogP contribution < -0.4 is 4.90 Å². The molecule has 0 radical (unpaired) electrons. The summed E-state index contributed by atoms with van der Waals surface area (Å²) in [6.07, 6.45) is 6.26. The van der Waals surface area contributed by atoms with Gasteiger partial charge in [-0.25, -0.2) is 8.42 Å². The highest BCUT2D eigenvalue weighted by molar-refractivity contribution is 7.92. The average Bonchev–Trinajstić information content (AvgIpc) is 3.16. The normalized spacial score (nSPS) is 18.7. The van der Waals surface area contributed by atoms with Gasteiger partial charge in [0.1, 0.15) is 0 Å². The van der Waals surface area contributed by atoms with Gasteiger partial charge in [-0.1, -0.05) is 24.3 Å². The van der Waals surface area contributed by atoms with Crippen molar-refractivity contribution < 1.29 is 13.2 Å². The summed E-state index contributed by atoms with van der Waals surface area (Å²) in [5.41, 5.74) is 2.21. The van der Waals surface area contributed by atoms with Gasteiger partial charge in [0.25, 0.3) is 0 Å². The Hall–Kier alpha value is -1.82. The van der Waals surface area contributed by atoms with Crippen molar-refractivity contribution >= 4 is 21.4 Å². The molecule has 0 saturated carbocycles. The smallest absolute Gasteiger partial charge is 0.226 e. The van der Waals surface area contributed by atoms with E-state index >= 15 is 0 Å². The van der Waals surface area contributed by atoms with Gasteiger partial charge in [-0.2, -0.15) is 0 Å². The van der Waals surface area contributed by atoms with Crippen LogP contribution in [0, 0.1) is 5.92 Å². The lowest BCUT2D eigenvalue weighted by Crippen LogP contribution is -2.42. The van der Waals surface area contributed by atoms with Crippen LogP contribution in [0.1, 0.15) is 39.2 Å². The van der Waals surface area contributed by atoms with Gasteiger partial charge in [0.2, 0.25) is 5.91 Å². The van der Waals surface area contributed by atoms with E-state index in [1.54, 1.807) is 20.8 Å². The Morgan fingerprint density at radius 1 is 1.04 bits per heavy atom. The van der Waals surface area contributed by atoms with Crippen molar-refractivity contribution in [3.63, 3.8) is 0 Å². The minimum Gasteiger partial charge on any atom is -0.364 e. The topological polar surface area (TPSA) is 57.7 Å². The number of piperidine rings is 1. The minimum atomic E-state index is -3.11. The van der Waals surface area contributed by atoms with E-state index in [0.29, 0.717) is 19.5 Å². The molecule has 2 aliphatic heterocycles. The molecule has 0 aromatic heterocycles. The number of carbonyl (C=O) groups is 1. The molecule has 1 amide bonds. The first kappa shape index (κ1) is 20.9. The van der Waals surface area contributed by atoms with Gasteiger partial charge in [0, 0.05) is 31.9 Å². The number of rotatable bonds is 5. The Balaban J connectivity index is 1.49. The van der Waals surface area contributed by atoms with Crippen LogP contribution in [0.4, 0.5) is 5.69 Å². The zero-order chi connectivity index (χ0) is 20.4. The molecule has 1 aromatic rings. The zero-order valence-corrected chi connectivity index (χ0v) is 18.0. The number of carbonyl (C=O) groups excluding carboxylic acids is 1. The van der Waals surface area contributed by atoms with E-state index in [0.717, 1.165) is 31.5 Å². The molecule has 0 unspecified atom stereocenters. The molecule has 0 atom stereocenters. The molecule has 1 fully saturated rings. The maximum Gasteiger partial charge on any atom is 0.226 e. The van der Waals surface area contributed by atoms with Gasteiger partial charge < -0.3 is 9.80 Å². The summed E-state index contributed by atoms with van der Waals surface area (Å²) in [4.78, 5) is 16.8. The fourth-order valence-electron chi connectivity index (χ4n) is 3.71. The minimum absolute atomic E-state index is 0.132. The van der Waals surface area contributed by atoms with Crippen molar-refractivity contribution in [1.82, 2.24) is 4.90 Å². The van der Waals surface area contributed by atoms with Crippen LogP contribution in [0.5, 0.6) is 0 Å². The third kappa shape index (κ3) is 4.96. The highest BCUT2D eigenvalue weighted by atomic mass is 32.2. The maximum atomic E-state index is 12.6. The lowest BCUT2D eigenvalue weighted by molar-refractivity contribution is -0.131. The van der Waals surface area contributed by atoms with Gasteiger partial charge in [0.05, 0.1) is 16.9 Å². The molecule has 0 spiro atoms. The summed E-state index contributed by atoms with van der Waals surface area (Å²) < 4.78 is 24.1. The second-order valence-electron chi connectivity index (χ2n) is 8.94. The number of likely N-dealkylation sites (tertiary alicyclic amines) is 1. The lowest BCUT2D eigenvalue weighted by Gasteiger charge is -2.33. The molecule has 0 aliphatic carbocycles. The molecule has 2 aliphatic rings. The van der Waals surface area contributed by atoms with E-state index < -0.39 is 14.6 Å². The number of hydrogen-bond acceptors (Lipinski definition) is 4. The van der Waals surface area contributed by atoms with Gasteiger partial charge >= 0.3 is 0 Å². The van der Waals surface area contributed by atoms with Crippen molar-refractivity contribution in [1.29, 1.82) is 0 Å². The summed E-state index contributed by atoms with van der Waals surface area (Å²) >= 11 is 0. The number of nitrogens with zero attached hydrogens (tertiary/aromatic N) is 2. The molecular formula is C22H32N2O3S. The molecule has 3 rings (SSSR count). The van der Waals surface area contributed by atoms with E-state index in [-0.39, 0.29) is 17.6 Å². The van der Waals surface area contributed by atoms with Crippen LogP contribution in [0.2, 0.25) is 0 Å². The SMILES string of the molecule is CC(C)(C)S(=O)(=O)CC1CCN(C(=O)Cc2ccc(N3CC=CC3)cc2)CC1. The van der Waals surface area contributed by atoms with Crippen LogP contribution in [-0.4, -0.2) is 55.9 Å². The van der Waals surface area contributed by atoms with E-state index in [1.807, 2.05) is 17.0 Å². The van der Waals surface area contributed by atoms with Crippen molar-refractivity contribution in [3.05, 3.63) is 42.0 Å². The molecule has 2 heterocycles. The zero-order valence-electron chi connectivity index (χ0n) is 17.2. The molecular weight excluding hydrogens is 372 g/mol. The molecule has 154 valence electrons. The molecule has 1 aromatic carbocycles. The van der Waals surface area contributed by atoms with Crippen LogP contribution in [0.15, 0.2) is 36.4 Å². The van der Waals surface area contributed by atoms with Crippen molar-refractivity contribution in [2.24, 2.45) is 5.92 Å². The summed E-state index contributed by atoms with van der Waals surface area (Å²) in [6.45, 7) is 8.46. The second kappa shape index (κ2) is 8.27. The van der Waals surface area contributed by atoms with Gasteiger partial charge in [-0.3, -0.25) is 4.79 Å². The number of hydrogen-bond donors (Lipinski definition) is 0. The fraction of sp³-hybridized carbons (Fsp3) is 0.591. The number of amides is 1. The largest absolute Gasteiger partial charge is 0.364 e. The second-order valence-corrected chi connectivity index (χ2v) is 11.7. The first-order chi connectivity index (χ1) is 13.2. The summed E-state index contributed by atoms with van der Waals surface area (Å²) in [7, 11) is -3.11. The molecule has 28 heavy (non-hydrogen) atoms. The quantitative estimate of drug-likeness (QED) is 0.708. The number of benzene rings is 1. The Bertz CT molecular complexity index is 806. The van der Waals surface area contributed by atoms with Crippen molar-refractivity contribution in [2.45, 2.75) is 44.8 Å². The fourth-order valence-corrected chi connectivity index (χ4v) is 5.16. The maximum absolute atomic E-state index is 12.6. The predicted octanol–water partition coefficient (Wildman–Crippen LogP) is 3.06. The Morgan fingerprint density at radius 3 is 2.14 bits per heavy atom. The van der Waals surface area contributed by atoms with Gasteiger partial charge in [-0.05, 0) is 57.2 Å². The highest BCUT2D eigenvalue weighted by Crippen LogP contribution is 2.25. The third-order valence-electron chi connectivity index (χ3n) is 5.83. The Labute approximate surface area is 169 Å². The highest BCUT2D eigenvalue weighted by Gasteiger charge is 2.33. The van der Waals surface area contributed by atoms with Crippen LogP contribution in [-0.2, 0) is 21.1 Å². The van der Waals surface area contributed by atoms with Crippen LogP contribution >= 0.6 is 0 Å². The molecule has 0 bridgehead atoms. The molecule has 0 N–H and O–H groups in total. The summed E-state index contributed by atoms with van der Waals surface area (Å²) in [6, 6.07) is 8.24. The van der Waals surface area contributed by atoms with Crippen molar-refractivity contribution in [3.8, 4) is 0 Å². The summed E-state index contributed by atoms with van der Waals surface area (Å²) in [5, 5.41) is 0. The first-order valence-corrected chi connectivity index (χ1v) is 11.8. The van der Waals surface area contributed by atoms with E-state index in [9.17, 15) is 13.2 Å². The van der Waals surface area contributed by atoms with Crippen molar-refractivity contribution in [2.75, 3.05) is 36.8 Å². The van der Waals surface area contributed by atoms with Crippen LogP contribution in [0.3, 0.4) is 0 Å². The molecule has 6 heteroatoms. The average molecular weight is 405 g/mol. The number of anilines is 1. The van der Waals surface area contributed by atoms with E-state index in [4.69, 9.17) is 0 Å². The Morgan fingerprint density at radius 2 is 1.61 bits per heavy atom. The van der Waals surface area contributed by atoms with Gasteiger partial charge in [0.15, 0.2) is 9.84 Å². The Kier molecular flexibility index (Phi) is 6.18. The van der Waals surface area contributed by atoms with E-state index in [2.05, 4.69) is 29.2 Å². The monoisotopic (exact) mass is 404 g/mol.